The number of hydrogen-bond donors (Lipinski definition) is 2. The zero-order chi connectivity index (χ0) is 20.1. The van der Waals surface area contributed by atoms with Crippen molar-refractivity contribution in [1.29, 1.82) is 0 Å². The number of azo groups is 1. The number of carbonyl (C=O) groups is 1. The number of rotatable bonds is 6. The smallest absolute Gasteiger partial charge is 0.255 e. The summed E-state index contributed by atoms with van der Waals surface area (Å²) in [5, 5.41) is 14.8. The Balaban J connectivity index is 1.81. The molecule has 0 unspecified atom stereocenters. The molecule has 1 amide bonds. The van der Waals surface area contributed by atoms with Crippen LogP contribution in [0.3, 0.4) is 0 Å². The molecule has 2 aromatic rings. The number of ether oxygens (including phenoxy) is 1. The van der Waals surface area contributed by atoms with Gasteiger partial charge in [0.2, 0.25) is 0 Å². The number of benzene rings is 2. The molecular weight excluding hydrogens is 376 g/mol. The molecule has 1 fully saturated rings. The molecule has 0 saturated carbocycles. The average Bonchev–Trinajstić information content (AvgIpc) is 3.03. The van der Waals surface area contributed by atoms with E-state index in [1.54, 1.807) is 19.2 Å². The van der Waals surface area contributed by atoms with Gasteiger partial charge in [0.25, 0.3) is 5.91 Å². The highest BCUT2D eigenvalue weighted by molar-refractivity contribution is 6.33. The van der Waals surface area contributed by atoms with Crippen LogP contribution in [0, 0.1) is 0 Å². The first kappa shape index (κ1) is 20.3. The maximum atomic E-state index is 13.0. The minimum atomic E-state index is -0.232. The Kier molecular flexibility index (Phi) is 6.31. The van der Waals surface area contributed by atoms with Gasteiger partial charge in [-0.3, -0.25) is 4.79 Å². The summed E-state index contributed by atoms with van der Waals surface area (Å²) in [6.07, 6.45) is 1.68. The van der Waals surface area contributed by atoms with Crippen molar-refractivity contribution in [1.82, 2.24) is 10.6 Å². The maximum absolute atomic E-state index is 13.0. The van der Waals surface area contributed by atoms with E-state index in [4.69, 9.17) is 16.3 Å². The average molecular weight is 401 g/mol. The summed E-state index contributed by atoms with van der Waals surface area (Å²) in [6.45, 7) is 2.99. The third-order valence-corrected chi connectivity index (χ3v) is 5.47. The molecule has 1 aliphatic rings. The van der Waals surface area contributed by atoms with Crippen LogP contribution in [0.15, 0.2) is 52.7 Å². The minimum absolute atomic E-state index is 0.0151. The van der Waals surface area contributed by atoms with Crippen LogP contribution in [0.4, 0.5) is 5.69 Å². The lowest BCUT2D eigenvalue weighted by Crippen LogP contribution is -2.54. The Bertz CT molecular complexity index is 872. The number of carbonyl (C=O) groups excluding carboxylic acids is 1. The van der Waals surface area contributed by atoms with Crippen molar-refractivity contribution in [2.24, 2.45) is 10.2 Å². The monoisotopic (exact) mass is 400 g/mol. The van der Waals surface area contributed by atoms with Crippen LogP contribution in [-0.2, 0) is 6.42 Å². The molecular formula is C21H25ClN4O2. The highest BCUT2D eigenvalue weighted by atomic mass is 35.5. The molecule has 6 nitrogen and oxygen atoms in total. The zero-order valence-corrected chi connectivity index (χ0v) is 17.1. The quantitative estimate of drug-likeness (QED) is 0.715. The Morgan fingerprint density at radius 1 is 1.36 bits per heavy atom. The topological polar surface area (TPSA) is 75.1 Å². The molecule has 148 valence electrons. The van der Waals surface area contributed by atoms with Gasteiger partial charge in [-0.1, -0.05) is 41.9 Å². The van der Waals surface area contributed by atoms with E-state index in [-0.39, 0.29) is 17.5 Å². The van der Waals surface area contributed by atoms with Crippen LogP contribution in [0.1, 0.15) is 29.3 Å². The van der Waals surface area contributed by atoms with Gasteiger partial charge in [-0.05, 0) is 37.9 Å². The maximum Gasteiger partial charge on any atom is 0.255 e. The highest BCUT2D eigenvalue weighted by Crippen LogP contribution is 2.33. The number of nitrogens with zero attached hydrogens (tertiary/aromatic N) is 2. The summed E-state index contributed by atoms with van der Waals surface area (Å²) < 4.78 is 5.38. The molecule has 3 rings (SSSR count). The third kappa shape index (κ3) is 4.34. The van der Waals surface area contributed by atoms with Gasteiger partial charge in [-0.2, -0.15) is 10.2 Å². The fourth-order valence-corrected chi connectivity index (χ4v) is 3.89. The van der Waals surface area contributed by atoms with E-state index in [1.807, 2.05) is 18.2 Å². The van der Waals surface area contributed by atoms with Gasteiger partial charge in [0.1, 0.15) is 11.4 Å². The zero-order valence-electron chi connectivity index (χ0n) is 16.3. The number of methoxy groups -OCH3 is 1. The van der Waals surface area contributed by atoms with Crippen molar-refractivity contribution < 1.29 is 9.53 Å². The summed E-state index contributed by atoms with van der Waals surface area (Å²) in [5.41, 5.74) is 1.85. The molecule has 0 aromatic heterocycles. The van der Waals surface area contributed by atoms with Gasteiger partial charge in [0.05, 0.1) is 17.7 Å². The lowest BCUT2D eigenvalue weighted by atomic mass is 9.87. The molecule has 0 bridgehead atoms. The van der Waals surface area contributed by atoms with E-state index in [9.17, 15) is 4.79 Å². The largest absolute Gasteiger partial charge is 0.496 e. The molecule has 2 atom stereocenters. The van der Waals surface area contributed by atoms with Gasteiger partial charge in [-0.15, -0.1) is 0 Å². The fourth-order valence-electron chi connectivity index (χ4n) is 3.69. The summed E-state index contributed by atoms with van der Waals surface area (Å²) in [4.78, 5) is 13.0. The summed E-state index contributed by atoms with van der Waals surface area (Å²) >= 11 is 6.26. The van der Waals surface area contributed by atoms with Crippen LogP contribution in [-0.4, -0.2) is 38.2 Å². The Hall–Kier alpha value is -2.44. The molecule has 1 heterocycles. The lowest BCUT2D eigenvalue weighted by molar-refractivity contribution is 0.0917. The van der Waals surface area contributed by atoms with E-state index in [0.29, 0.717) is 22.0 Å². The van der Waals surface area contributed by atoms with E-state index in [2.05, 4.69) is 39.9 Å². The van der Waals surface area contributed by atoms with Crippen molar-refractivity contribution in [3.05, 3.63) is 58.6 Å². The molecule has 1 aliphatic heterocycles. The number of amides is 1. The highest BCUT2D eigenvalue weighted by Gasteiger charge is 2.39. The SMILES string of the molecule is CN=Nc1cc(OC)c(C(=O)N[C@@H]2CCN[C@]2(C)Cc2ccccc2)cc1Cl. The second kappa shape index (κ2) is 8.71. The van der Waals surface area contributed by atoms with E-state index >= 15 is 0 Å². The third-order valence-electron chi connectivity index (χ3n) is 5.17. The summed E-state index contributed by atoms with van der Waals surface area (Å²) in [6, 6.07) is 13.5. The van der Waals surface area contributed by atoms with E-state index in [1.165, 1.54) is 12.7 Å². The van der Waals surface area contributed by atoms with Crippen LogP contribution < -0.4 is 15.4 Å². The molecule has 2 N–H and O–H groups in total. The molecule has 7 heteroatoms. The summed E-state index contributed by atoms with van der Waals surface area (Å²) in [5.74, 6) is 0.201. The van der Waals surface area contributed by atoms with Crippen LogP contribution in [0.25, 0.3) is 0 Å². The predicted molar refractivity (Wildman–Crippen MR) is 111 cm³/mol. The Morgan fingerprint density at radius 3 is 2.79 bits per heavy atom. The van der Waals surface area contributed by atoms with Crippen molar-refractivity contribution in [2.45, 2.75) is 31.3 Å². The molecule has 0 radical (unpaired) electrons. The van der Waals surface area contributed by atoms with Gasteiger partial charge >= 0.3 is 0 Å². The number of hydrogen-bond acceptors (Lipinski definition) is 5. The van der Waals surface area contributed by atoms with Gasteiger partial charge in [-0.25, -0.2) is 0 Å². The van der Waals surface area contributed by atoms with Crippen molar-refractivity contribution >= 4 is 23.2 Å². The van der Waals surface area contributed by atoms with Crippen LogP contribution >= 0.6 is 11.6 Å². The molecule has 2 aromatic carbocycles. The second-order valence-electron chi connectivity index (χ2n) is 7.13. The first-order chi connectivity index (χ1) is 13.5. The van der Waals surface area contributed by atoms with Gasteiger partial charge in [0.15, 0.2) is 0 Å². The Labute approximate surface area is 170 Å². The standard InChI is InChI=1S/C21H25ClN4O2/c1-21(13-14-7-5-4-6-8-14)19(9-10-24-21)25-20(27)15-11-16(22)17(26-23-2)12-18(15)28-3/h4-8,11-12,19,24H,9-10,13H2,1-3H3,(H,25,27)/t19-,21-/m1/s1. The molecule has 1 saturated heterocycles. The van der Waals surface area contributed by atoms with Crippen molar-refractivity contribution in [3.63, 3.8) is 0 Å². The number of nitrogens with one attached hydrogen (secondary N) is 2. The second-order valence-corrected chi connectivity index (χ2v) is 7.53. The van der Waals surface area contributed by atoms with Crippen molar-refractivity contribution in [2.75, 3.05) is 20.7 Å². The van der Waals surface area contributed by atoms with Crippen LogP contribution in [0.5, 0.6) is 5.75 Å². The molecule has 0 aliphatic carbocycles. The normalized spacial score (nSPS) is 21.8. The van der Waals surface area contributed by atoms with Crippen LogP contribution in [0.2, 0.25) is 5.02 Å². The molecule has 0 spiro atoms. The Morgan fingerprint density at radius 2 is 2.11 bits per heavy atom. The van der Waals surface area contributed by atoms with Gasteiger partial charge < -0.3 is 15.4 Å². The van der Waals surface area contributed by atoms with E-state index < -0.39 is 0 Å². The lowest BCUT2D eigenvalue weighted by Gasteiger charge is -2.32. The predicted octanol–water partition coefficient (Wildman–Crippen LogP) is 4.16. The first-order valence-electron chi connectivity index (χ1n) is 9.24. The van der Waals surface area contributed by atoms with E-state index in [0.717, 1.165) is 19.4 Å². The molecule has 28 heavy (non-hydrogen) atoms. The minimum Gasteiger partial charge on any atom is -0.496 e. The number of halogens is 1. The fraction of sp³-hybridized carbons (Fsp3) is 0.381. The first-order valence-corrected chi connectivity index (χ1v) is 9.62. The summed E-state index contributed by atoms with van der Waals surface area (Å²) in [7, 11) is 3.08. The van der Waals surface area contributed by atoms with Gasteiger partial charge in [0, 0.05) is 24.7 Å². The van der Waals surface area contributed by atoms with Crippen molar-refractivity contribution in [3.8, 4) is 5.75 Å².